The third kappa shape index (κ3) is 4.22. The first kappa shape index (κ1) is 14.9. The summed E-state index contributed by atoms with van der Waals surface area (Å²) in [6.45, 7) is 6.80. The van der Waals surface area contributed by atoms with E-state index in [1.165, 1.54) is 43.6 Å². The molecule has 0 aliphatic carbocycles. The Labute approximate surface area is 125 Å². The quantitative estimate of drug-likeness (QED) is 0.911. The Morgan fingerprint density at radius 2 is 2.16 bits per heavy atom. The van der Waals surface area contributed by atoms with Crippen LogP contribution in [0.2, 0.25) is 0 Å². The zero-order chi connectivity index (χ0) is 13.8. The van der Waals surface area contributed by atoms with Crippen LogP contribution in [-0.2, 0) is 6.42 Å². The Balaban J connectivity index is 2.22. The monoisotopic (exact) mass is 324 g/mol. The highest BCUT2D eigenvalue weighted by atomic mass is 79.9. The fourth-order valence-corrected chi connectivity index (χ4v) is 3.29. The summed E-state index contributed by atoms with van der Waals surface area (Å²) in [6, 6.07) is 6.83. The van der Waals surface area contributed by atoms with Crippen LogP contribution in [0.4, 0.5) is 5.69 Å². The van der Waals surface area contributed by atoms with Crippen LogP contribution in [0.25, 0.3) is 0 Å². The smallest absolute Gasteiger partial charge is 0.0400 e. The van der Waals surface area contributed by atoms with Crippen LogP contribution >= 0.6 is 15.9 Å². The minimum absolute atomic E-state index is 0.207. The van der Waals surface area contributed by atoms with Crippen molar-refractivity contribution in [1.29, 1.82) is 0 Å². The van der Waals surface area contributed by atoms with Crippen molar-refractivity contribution in [1.82, 2.24) is 0 Å². The summed E-state index contributed by atoms with van der Waals surface area (Å²) in [4.78, 5) is 2.55. The number of hydrogen-bond acceptors (Lipinski definition) is 2. The molecule has 2 unspecified atom stereocenters. The SMILES string of the molecule is CC(N)Cc1cc(Br)ccc1N1CCCC(C)CC1. The molecular formula is C16H25BrN2. The van der Waals surface area contributed by atoms with E-state index in [1.54, 1.807) is 0 Å². The van der Waals surface area contributed by atoms with Crippen LogP contribution in [0, 0.1) is 5.92 Å². The molecule has 106 valence electrons. The minimum atomic E-state index is 0.207. The summed E-state index contributed by atoms with van der Waals surface area (Å²) in [5, 5.41) is 0. The van der Waals surface area contributed by atoms with E-state index in [2.05, 4.69) is 52.9 Å². The van der Waals surface area contributed by atoms with Gasteiger partial charge in [-0.15, -0.1) is 0 Å². The first-order valence-corrected chi connectivity index (χ1v) is 8.14. The van der Waals surface area contributed by atoms with Crippen molar-refractivity contribution in [3.63, 3.8) is 0 Å². The summed E-state index contributed by atoms with van der Waals surface area (Å²) in [5.74, 6) is 0.859. The van der Waals surface area contributed by atoms with Gasteiger partial charge in [-0.05, 0) is 62.3 Å². The Hall–Kier alpha value is -0.540. The van der Waals surface area contributed by atoms with Gasteiger partial charge < -0.3 is 10.6 Å². The zero-order valence-electron chi connectivity index (χ0n) is 12.0. The van der Waals surface area contributed by atoms with Gasteiger partial charge in [0, 0.05) is 29.3 Å². The summed E-state index contributed by atoms with van der Waals surface area (Å²) >= 11 is 3.58. The van der Waals surface area contributed by atoms with Gasteiger partial charge in [0.1, 0.15) is 0 Å². The number of rotatable bonds is 3. The van der Waals surface area contributed by atoms with Crippen molar-refractivity contribution in [3.05, 3.63) is 28.2 Å². The average molecular weight is 325 g/mol. The summed E-state index contributed by atoms with van der Waals surface area (Å²) in [7, 11) is 0. The molecule has 2 N–H and O–H groups in total. The molecule has 1 heterocycles. The molecule has 0 spiro atoms. The van der Waals surface area contributed by atoms with Gasteiger partial charge in [0.15, 0.2) is 0 Å². The van der Waals surface area contributed by atoms with Gasteiger partial charge in [-0.2, -0.15) is 0 Å². The van der Waals surface area contributed by atoms with Gasteiger partial charge in [0.2, 0.25) is 0 Å². The van der Waals surface area contributed by atoms with E-state index in [0.29, 0.717) is 0 Å². The maximum absolute atomic E-state index is 5.99. The van der Waals surface area contributed by atoms with Gasteiger partial charge in [-0.25, -0.2) is 0 Å². The lowest BCUT2D eigenvalue weighted by atomic mass is 10.0. The molecule has 1 aromatic rings. The molecule has 1 fully saturated rings. The number of halogens is 1. The molecule has 2 atom stereocenters. The molecule has 2 rings (SSSR count). The van der Waals surface area contributed by atoms with Gasteiger partial charge in [0.25, 0.3) is 0 Å². The van der Waals surface area contributed by atoms with E-state index in [0.717, 1.165) is 16.8 Å². The van der Waals surface area contributed by atoms with Crippen molar-refractivity contribution >= 4 is 21.6 Å². The molecule has 1 aliphatic rings. The standard InChI is InChI=1S/C16H25BrN2/c1-12-4-3-8-19(9-7-12)16-6-5-15(17)11-14(16)10-13(2)18/h5-6,11-13H,3-4,7-10,18H2,1-2H3. The van der Waals surface area contributed by atoms with Gasteiger partial charge >= 0.3 is 0 Å². The molecule has 2 nitrogen and oxygen atoms in total. The van der Waals surface area contributed by atoms with Crippen molar-refractivity contribution in [3.8, 4) is 0 Å². The molecule has 0 bridgehead atoms. The highest BCUT2D eigenvalue weighted by Gasteiger charge is 2.17. The Morgan fingerprint density at radius 1 is 1.37 bits per heavy atom. The Bertz CT molecular complexity index is 417. The molecule has 0 radical (unpaired) electrons. The zero-order valence-corrected chi connectivity index (χ0v) is 13.6. The maximum atomic E-state index is 5.99. The number of nitrogens with zero attached hydrogens (tertiary/aromatic N) is 1. The second kappa shape index (κ2) is 6.76. The second-order valence-corrected chi connectivity index (χ2v) is 6.89. The van der Waals surface area contributed by atoms with Crippen molar-refractivity contribution < 1.29 is 0 Å². The molecular weight excluding hydrogens is 300 g/mol. The third-order valence-electron chi connectivity index (χ3n) is 3.94. The highest BCUT2D eigenvalue weighted by molar-refractivity contribution is 9.10. The summed E-state index contributed by atoms with van der Waals surface area (Å²) < 4.78 is 1.15. The highest BCUT2D eigenvalue weighted by Crippen LogP contribution is 2.28. The number of anilines is 1. The largest absolute Gasteiger partial charge is 0.371 e. The first-order valence-electron chi connectivity index (χ1n) is 7.35. The lowest BCUT2D eigenvalue weighted by molar-refractivity contribution is 0.521. The number of benzene rings is 1. The van der Waals surface area contributed by atoms with Crippen LogP contribution in [0.15, 0.2) is 22.7 Å². The molecule has 1 aliphatic heterocycles. The van der Waals surface area contributed by atoms with Crippen LogP contribution in [0.1, 0.15) is 38.7 Å². The minimum Gasteiger partial charge on any atom is -0.371 e. The van der Waals surface area contributed by atoms with Crippen molar-refractivity contribution in [2.75, 3.05) is 18.0 Å². The summed E-state index contributed by atoms with van der Waals surface area (Å²) in [6.07, 6.45) is 4.90. The Kier molecular flexibility index (Phi) is 5.28. The summed E-state index contributed by atoms with van der Waals surface area (Å²) in [5.41, 5.74) is 8.75. The predicted octanol–water partition coefficient (Wildman–Crippen LogP) is 3.97. The van der Waals surface area contributed by atoms with Gasteiger partial charge in [-0.1, -0.05) is 22.9 Å². The maximum Gasteiger partial charge on any atom is 0.0400 e. The Morgan fingerprint density at radius 3 is 2.89 bits per heavy atom. The topological polar surface area (TPSA) is 29.3 Å². The predicted molar refractivity (Wildman–Crippen MR) is 86.7 cm³/mol. The average Bonchev–Trinajstić information content (AvgIpc) is 2.54. The van der Waals surface area contributed by atoms with E-state index in [1.807, 2.05) is 0 Å². The van der Waals surface area contributed by atoms with Crippen LogP contribution in [0.3, 0.4) is 0 Å². The van der Waals surface area contributed by atoms with E-state index in [9.17, 15) is 0 Å². The molecule has 0 aromatic heterocycles. The number of hydrogen-bond donors (Lipinski definition) is 1. The van der Waals surface area contributed by atoms with E-state index < -0.39 is 0 Å². The number of nitrogens with two attached hydrogens (primary N) is 1. The fourth-order valence-electron chi connectivity index (χ4n) is 2.88. The van der Waals surface area contributed by atoms with E-state index in [-0.39, 0.29) is 6.04 Å². The van der Waals surface area contributed by atoms with Crippen LogP contribution < -0.4 is 10.6 Å². The molecule has 0 amide bonds. The van der Waals surface area contributed by atoms with Crippen molar-refractivity contribution in [2.45, 2.75) is 45.6 Å². The first-order chi connectivity index (χ1) is 9.06. The normalized spacial score (nSPS) is 22.1. The lowest BCUT2D eigenvalue weighted by Crippen LogP contribution is -2.27. The second-order valence-electron chi connectivity index (χ2n) is 5.98. The van der Waals surface area contributed by atoms with E-state index in [4.69, 9.17) is 5.73 Å². The fraction of sp³-hybridized carbons (Fsp3) is 0.625. The lowest BCUT2D eigenvalue weighted by Gasteiger charge is -2.26. The molecule has 1 aromatic carbocycles. The van der Waals surface area contributed by atoms with Crippen molar-refractivity contribution in [2.24, 2.45) is 11.7 Å². The van der Waals surface area contributed by atoms with Crippen LogP contribution in [0.5, 0.6) is 0 Å². The van der Waals surface area contributed by atoms with Crippen LogP contribution in [-0.4, -0.2) is 19.1 Å². The molecule has 1 saturated heterocycles. The van der Waals surface area contributed by atoms with E-state index >= 15 is 0 Å². The van der Waals surface area contributed by atoms with Gasteiger partial charge in [-0.3, -0.25) is 0 Å². The molecule has 19 heavy (non-hydrogen) atoms. The molecule has 0 saturated carbocycles. The third-order valence-corrected chi connectivity index (χ3v) is 4.43. The molecule has 3 heteroatoms. The van der Waals surface area contributed by atoms with Gasteiger partial charge in [0.05, 0.1) is 0 Å².